The highest BCUT2D eigenvalue weighted by Gasteiger charge is 2.11. The van der Waals surface area contributed by atoms with Crippen LogP contribution in [0.4, 0.5) is 5.69 Å². The highest BCUT2D eigenvalue weighted by atomic mass is 16.3. The summed E-state index contributed by atoms with van der Waals surface area (Å²) in [5.74, 6) is 0. The van der Waals surface area contributed by atoms with Crippen molar-refractivity contribution in [2.75, 3.05) is 0 Å². The van der Waals surface area contributed by atoms with Gasteiger partial charge in [-0.2, -0.15) is 0 Å². The van der Waals surface area contributed by atoms with E-state index in [0.717, 1.165) is 29.4 Å². The van der Waals surface area contributed by atoms with Crippen molar-refractivity contribution in [3.63, 3.8) is 0 Å². The molecule has 15 heavy (non-hydrogen) atoms. The molecule has 1 heterocycles. The number of hydrogen-bond donors (Lipinski definition) is 1. The van der Waals surface area contributed by atoms with E-state index in [4.69, 9.17) is 0 Å². The molecular weight excluding hydrogens is 188 g/mol. The van der Waals surface area contributed by atoms with Crippen LogP contribution in [0.3, 0.4) is 0 Å². The zero-order chi connectivity index (χ0) is 10.8. The first-order valence-electron chi connectivity index (χ1n) is 5.21. The summed E-state index contributed by atoms with van der Waals surface area (Å²) in [6, 6.07) is 5.60. The Morgan fingerprint density at radius 3 is 2.87 bits per heavy atom. The molecule has 2 aromatic rings. The maximum absolute atomic E-state index is 10.7. The van der Waals surface area contributed by atoms with Crippen LogP contribution in [0.5, 0.6) is 0 Å². The van der Waals surface area contributed by atoms with E-state index in [1.54, 1.807) is 6.07 Å². The number of aromatic amines is 1. The van der Waals surface area contributed by atoms with Crippen molar-refractivity contribution in [3.05, 3.63) is 34.4 Å². The summed E-state index contributed by atoms with van der Waals surface area (Å²) in [4.78, 5) is 14.0. The van der Waals surface area contributed by atoms with Gasteiger partial charge < -0.3 is 4.98 Å². The summed E-state index contributed by atoms with van der Waals surface area (Å²) in [5.41, 5.74) is 3.92. The molecule has 78 valence electrons. The number of nitrogens with one attached hydrogen (secondary N) is 1. The first-order chi connectivity index (χ1) is 7.27. The molecule has 0 saturated carbocycles. The van der Waals surface area contributed by atoms with E-state index in [1.165, 1.54) is 5.56 Å². The first-order valence-corrected chi connectivity index (χ1v) is 5.21. The second-order valence-corrected chi connectivity index (χ2v) is 3.77. The molecule has 0 atom stereocenters. The Morgan fingerprint density at radius 2 is 2.20 bits per heavy atom. The maximum Gasteiger partial charge on any atom is 0.117 e. The van der Waals surface area contributed by atoms with Crippen molar-refractivity contribution in [3.8, 4) is 0 Å². The molecule has 0 aliphatic rings. The molecule has 0 aliphatic heterocycles. The Labute approximate surface area is 88.5 Å². The number of H-pyrrole nitrogens is 1. The summed E-state index contributed by atoms with van der Waals surface area (Å²) < 4.78 is 0. The van der Waals surface area contributed by atoms with Crippen LogP contribution in [-0.4, -0.2) is 4.98 Å². The zero-order valence-electron chi connectivity index (χ0n) is 9.00. The number of fused-ring (bicyclic) bond motifs is 1. The van der Waals surface area contributed by atoms with Crippen molar-refractivity contribution in [1.29, 1.82) is 0 Å². The summed E-state index contributed by atoms with van der Waals surface area (Å²) in [5, 5.41) is 4.08. The number of aryl methyl sites for hydroxylation is 2. The molecule has 2 rings (SSSR count). The number of rotatable bonds is 3. The standard InChI is InChI=1S/C12H14N2O/c1-3-5-9-8(2)13-10-6-4-7-11(14-15)12(9)10/h4,6-7,13H,3,5H2,1-2H3. The number of nitrogens with zero attached hydrogens (tertiary/aromatic N) is 1. The number of hydrogen-bond acceptors (Lipinski definition) is 2. The number of aromatic nitrogens is 1. The molecule has 3 nitrogen and oxygen atoms in total. The summed E-state index contributed by atoms with van der Waals surface area (Å²) in [6.45, 7) is 4.18. The van der Waals surface area contributed by atoms with Crippen molar-refractivity contribution in [1.82, 2.24) is 4.98 Å². The minimum Gasteiger partial charge on any atom is -0.358 e. The molecule has 0 amide bonds. The Balaban J connectivity index is 2.76. The summed E-state index contributed by atoms with van der Waals surface area (Å²) in [6.07, 6.45) is 2.05. The van der Waals surface area contributed by atoms with Gasteiger partial charge in [-0.25, -0.2) is 0 Å². The summed E-state index contributed by atoms with van der Waals surface area (Å²) >= 11 is 0. The molecule has 1 N–H and O–H groups in total. The van der Waals surface area contributed by atoms with Crippen molar-refractivity contribution in [2.24, 2.45) is 5.18 Å². The van der Waals surface area contributed by atoms with Crippen LogP contribution in [0, 0.1) is 11.8 Å². The van der Waals surface area contributed by atoms with Gasteiger partial charge >= 0.3 is 0 Å². The topological polar surface area (TPSA) is 45.2 Å². The van der Waals surface area contributed by atoms with E-state index in [1.807, 2.05) is 19.1 Å². The predicted octanol–water partition coefficient (Wildman–Crippen LogP) is 3.83. The van der Waals surface area contributed by atoms with E-state index < -0.39 is 0 Å². The lowest BCUT2D eigenvalue weighted by molar-refractivity contribution is 0.918. The monoisotopic (exact) mass is 202 g/mol. The molecule has 0 aliphatic carbocycles. The predicted molar refractivity (Wildman–Crippen MR) is 62.5 cm³/mol. The lowest BCUT2D eigenvalue weighted by Crippen LogP contribution is -1.84. The lowest BCUT2D eigenvalue weighted by atomic mass is 10.1. The largest absolute Gasteiger partial charge is 0.358 e. The number of nitroso groups, excluding NO2 is 1. The normalized spacial score (nSPS) is 10.8. The minimum atomic E-state index is 0.542. The number of benzene rings is 1. The Morgan fingerprint density at radius 1 is 1.40 bits per heavy atom. The average Bonchev–Trinajstić information content (AvgIpc) is 2.56. The third-order valence-electron chi connectivity index (χ3n) is 2.72. The van der Waals surface area contributed by atoms with Gasteiger partial charge in [-0.15, -0.1) is 4.91 Å². The van der Waals surface area contributed by atoms with Gasteiger partial charge in [-0.05, 0) is 36.2 Å². The van der Waals surface area contributed by atoms with Crippen molar-refractivity contribution < 1.29 is 0 Å². The Hall–Kier alpha value is -1.64. The highest BCUT2D eigenvalue weighted by molar-refractivity contribution is 5.94. The van der Waals surface area contributed by atoms with Crippen LogP contribution in [0.1, 0.15) is 24.6 Å². The van der Waals surface area contributed by atoms with Crippen LogP contribution in [0.25, 0.3) is 10.9 Å². The fourth-order valence-electron chi connectivity index (χ4n) is 2.06. The van der Waals surface area contributed by atoms with Crippen molar-refractivity contribution in [2.45, 2.75) is 26.7 Å². The molecule has 0 bridgehead atoms. The van der Waals surface area contributed by atoms with Crippen LogP contribution in [0.15, 0.2) is 23.4 Å². The Kier molecular flexibility index (Phi) is 2.54. The highest BCUT2D eigenvalue weighted by Crippen LogP contribution is 2.31. The smallest absolute Gasteiger partial charge is 0.117 e. The van der Waals surface area contributed by atoms with Gasteiger partial charge in [-0.3, -0.25) is 0 Å². The maximum atomic E-state index is 10.7. The van der Waals surface area contributed by atoms with E-state index >= 15 is 0 Å². The van der Waals surface area contributed by atoms with Crippen LogP contribution >= 0.6 is 0 Å². The third-order valence-corrected chi connectivity index (χ3v) is 2.72. The second kappa shape index (κ2) is 3.85. The molecule has 0 radical (unpaired) electrons. The SMILES string of the molecule is CCCc1c(C)[nH]c2cccc(N=O)c12. The van der Waals surface area contributed by atoms with E-state index in [2.05, 4.69) is 17.1 Å². The summed E-state index contributed by atoms with van der Waals surface area (Å²) in [7, 11) is 0. The Bertz CT molecular complexity index is 500. The molecule has 3 heteroatoms. The van der Waals surface area contributed by atoms with E-state index in [0.29, 0.717) is 5.69 Å². The molecule has 0 fully saturated rings. The zero-order valence-corrected chi connectivity index (χ0v) is 9.00. The molecule has 0 spiro atoms. The van der Waals surface area contributed by atoms with Crippen molar-refractivity contribution >= 4 is 16.6 Å². The van der Waals surface area contributed by atoms with Crippen LogP contribution < -0.4 is 0 Å². The minimum absolute atomic E-state index is 0.542. The van der Waals surface area contributed by atoms with Gasteiger partial charge in [0.15, 0.2) is 0 Å². The van der Waals surface area contributed by atoms with Gasteiger partial charge in [0, 0.05) is 16.6 Å². The second-order valence-electron chi connectivity index (χ2n) is 3.77. The van der Waals surface area contributed by atoms with E-state index in [-0.39, 0.29) is 0 Å². The average molecular weight is 202 g/mol. The fourth-order valence-corrected chi connectivity index (χ4v) is 2.06. The van der Waals surface area contributed by atoms with Gasteiger partial charge in [-0.1, -0.05) is 19.4 Å². The molecule has 0 unspecified atom stereocenters. The fraction of sp³-hybridized carbons (Fsp3) is 0.333. The van der Waals surface area contributed by atoms with E-state index in [9.17, 15) is 4.91 Å². The van der Waals surface area contributed by atoms with Gasteiger partial charge in [0.1, 0.15) is 5.69 Å². The quantitative estimate of drug-likeness (QED) is 0.755. The lowest BCUT2D eigenvalue weighted by Gasteiger charge is -1.99. The molecule has 1 aromatic carbocycles. The van der Waals surface area contributed by atoms with Gasteiger partial charge in [0.2, 0.25) is 0 Å². The molecule has 0 saturated heterocycles. The van der Waals surface area contributed by atoms with Crippen LogP contribution in [-0.2, 0) is 6.42 Å². The first kappa shape index (κ1) is 9.90. The van der Waals surface area contributed by atoms with Gasteiger partial charge in [0.05, 0.1) is 0 Å². The van der Waals surface area contributed by atoms with Gasteiger partial charge in [0.25, 0.3) is 0 Å². The van der Waals surface area contributed by atoms with Crippen LogP contribution in [0.2, 0.25) is 0 Å². The third kappa shape index (κ3) is 1.54. The molecular formula is C12H14N2O. The molecule has 1 aromatic heterocycles.